The zero-order valence-corrected chi connectivity index (χ0v) is 17.0. The molecule has 3 aliphatic rings. The van der Waals surface area contributed by atoms with E-state index in [0.29, 0.717) is 18.8 Å². The van der Waals surface area contributed by atoms with Gasteiger partial charge in [-0.15, -0.1) is 0 Å². The lowest BCUT2D eigenvalue weighted by molar-refractivity contribution is -0.134. The highest BCUT2D eigenvalue weighted by atomic mass is 32.2. The Morgan fingerprint density at radius 3 is 2.38 bits per heavy atom. The Balaban J connectivity index is 1.39. The Labute approximate surface area is 169 Å². The molecule has 0 spiro atoms. The van der Waals surface area contributed by atoms with Crippen LogP contribution in [0.25, 0.3) is 0 Å². The highest BCUT2D eigenvalue weighted by Gasteiger charge is 2.56. The predicted molar refractivity (Wildman–Crippen MR) is 104 cm³/mol. The first-order valence-electron chi connectivity index (χ1n) is 9.76. The highest BCUT2D eigenvalue weighted by molar-refractivity contribution is 7.89. The summed E-state index contributed by atoms with van der Waals surface area (Å²) in [4.78, 5) is 38.2. The topological polar surface area (TPSA) is 116 Å². The molecule has 10 heteroatoms. The van der Waals surface area contributed by atoms with Crippen LogP contribution >= 0.6 is 0 Å². The van der Waals surface area contributed by atoms with Gasteiger partial charge in [0.15, 0.2) is 0 Å². The van der Waals surface area contributed by atoms with Crippen LogP contribution in [0.3, 0.4) is 0 Å². The van der Waals surface area contributed by atoms with E-state index in [1.54, 1.807) is 6.92 Å². The van der Waals surface area contributed by atoms with Gasteiger partial charge in [-0.25, -0.2) is 13.2 Å². The quantitative estimate of drug-likeness (QED) is 0.670. The number of carbonyl (C=O) groups excluding carboxylic acids is 3. The third-order valence-corrected chi connectivity index (χ3v) is 7.75. The molecule has 0 bridgehead atoms. The SMILES string of the molecule is C[C@]1(C2CC2)NC(=O)N(CC(=O)Nc2ccc(S(=O)(=O)N3CCCC3)cc2)C1=O. The lowest BCUT2D eigenvalue weighted by Gasteiger charge is -2.20. The maximum Gasteiger partial charge on any atom is 0.325 e. The molecule has 1 saturated carbocycles. The second kappa shape index (κ2) is 7.10. The highest BCUT2D eigenvalue weighted by Crippen LogP contribution is 2.42. The molecular weight excluding hydrogens is 396 g/mol. The van der Waals surface area contributed by atoms with E-state index in [1.165, 1.54) is 28.6 Å². The minimum Gasteiger partial charge on any atom is -0.325 e. The number of amides is 4. The van der Waals surface area contributed by atoms with Gasteiger partial charge in [-0.05, 0) is 62.8 Å². The summed E-state index contributed by atoms with van der Waals surface area (Å²) in [5, 5.41) is 5.31. The Morgan fingerprint density at radius 1 is 1.17 bits per heavy atom. The predicted octanol–water partition coefficient (Wildman–Crippen LogP) is 1.13. The summed E-state index contributed by atoms with van der Waals surface area (Å²) in [5.41, 5.74) is -0.532. The third kappa shape index (κ3) is 3.62. The number of urea groups is 1. The molecule has 1 atom stereocenters. The largest absolute Gasteiger partial charge is 0.325 e. The molecule has 0 radical (unpaired) electrons. The summed E-state index contributed by atoms with van der Waals surface area (Å²) < 4.78 is 26.5. The normalized spacial score (nSPS) is 25.3. The molecule has 1 aliphatic carbocycles. The van der Waals surface area contributed by atoms with Gasteiger partial charge in [0.1, 0.15) is 12.1 Å². The molecule has 9 nitrogen and oxygen atoms in total. The van der Waals surface area contributed by atoms with Crippen molar-refractivity contribution in [3.8, 4) is 0 Å². The molecule has 4 rings (SSSR count). The van der Waals surface area contributed by atoms with Crippen molar-refractivity contribution in [3.05, 3.63) is 24.3 Å². The van der Waals surface area contributed by atoms with Crippen molar-refractivity contribution in [2.45, 2.75) is 43.0 Å². The maximum absolute atomic E-state index is 12.6. The van der Waals surface area contributed by atoms with Crippen molar-refractivity contribution in [2.75, 3.05) is 25.0 Å². The lowest BCUT2D eigenvalue weighted by atomic mass is 9.96. The van der Waals surface area contributed by atoms with Crippen molar-refractivity contribution in [2.24, 2.45) is 5.92 Å². The van der Waals surface area contributed by atoms with Crippen LogP contribution in [0.2, 0.25) is 0 Å². The van der Waals surface area contributed by atoms with Crippen LogP contribution in [-0.2, 0) is 19.6 Å². The summed E-state index contributed by atoms with van der Waals surface area (Å²) in [7, 11) is -3.52. The maximum atomic E-state index is 12.6. The second-order valence-corrected chi connectivity index (χ2v) is 9.92. The van der Waals surface area contributed by atoms with E-state index in [9.17, 15) is 22.8 Å². The van der Waals surface area contributed by atoms with E-state index in [-0.39, 0.29) is 23.3 Å². The van der Waals surface area contributed by atoms with Crippen LogP contribution in [0.4, 0.5) is 10.5 Å². The van der Waals surface area contributed by atoms with Crippen molar-refractivity contribution >= 4 is 33.6 Å². The number of benzene rings is 1. The lowest BCUT2D eigenvalue weighted by Crippen LogP contribution is -2.46. The van der Waals surface area contributed by atoms with Crippen LogP contribution in [0.5, 0.6) is 0 Å². The molecule has 2 saturated heterocycles. The van der Waals surface area contributed by atoms with Gasteiger partial charge in [-0.2, -0.15) is 4.31 Å². The summed E-state index contributed by atoms with van der Waals surface area (Å²) in [6.07, 6.45) is 3.48. The first-order valence-corrected chi connectivity index (χ1v) is 11.2. The van der Waals surface area contributed by atoms with Crippen LogP contribution in [0.1, 0.15) is 32.6 Å². The molecule has 2 heterocycles. The van der Waals surface area contributed by atoms with Crippen molar-refractivity contribution in [1.29, 1.82) is 0 Å². The van der Waals surface area contributed by atoms with Gasteiger partial charge >= 0.3 is 6.03 Å². The van der Waals surface area contributed by atoms with E-state index in [0.717, 1.165) is 30.6 Å². The monoisotopic (exact) mass is 420 g/mol. The fourth-order valence-corrected chi connectivity index (χ4v) is 5.45. The molecule has 0 unspecified atom stereocenters. The Kier molecular flexibility index (Phi) is 4.86. The molecule has 1 aromatic rings. The zero-order valence-electron chi connectivity index (χ0n) is 16.2. The Morgan fingerprint density at radius 2 is 1.79 bits per heavy atom. The third-order valence-electron chi connectivity index (χ3n) is 5.84. The second-order valence-electron chi connectivity index (χ2n) is 7.98. The average Bonchev–Trinajstić information content (AvgIpc) is 3.34. The van der Waals surface area contributed by atoms with E-state index >= 15 is 0 Å². The summed E-state index contributed by atoms with van der Waals surface area (Å²) in [6, 6.07) is 5.33. The van der Waals surface area contributed by atoms with E-state index in [4.69, 9.17) is 0 Å². The number of hydrogen-bond acceptors (Lipinski definition) is 5. The Bertz CT molecular complexity index is 951. The van der Waals surface area contributed by atoms with Gasteiger partial charge in [-0.1, -0.05) is 0 Å². The number of rotatable bonds is 6. The number of imide groups is 1. The van der Waals surface area contributed by atoms with E-state index < -0.39 is 27.5 Å². The van der Waals surface area contributed by atoms with Gasteiger partial charge in [0, 0.05) is 18.8 Å². The fraction of sp³-hybridized carbons (Fsp3) is 0.526. The Hall–Kier alpha value is -2.46. The van der Waals surface area contributed by atoms with Crippen LogP contribution in [0, 0.1) is 5.92 Å². The van der Waals surface area contributed by atoms with Crippen LogP contribution in [-0.4, -0.2) is 60.6 Å². The summed E-state index contributed by atoms with van der Waals surface area (Å²) in [5.74, 6) is -0.784. The van der Waals surface area contributed by atoms with E-state index in [1.807, 2.05) is 0 Å². The molecule has 3 fully saturated rings. The number of carbonyl (C=O) groups is 3. The van der Waals surface area contributed by atoms with Crippen LogP contribution < -0.4 is 10.6 Å². The van der Waals surface area contributed by atoms with Crippen molar-refractivity contribution in [3.63, 3.8) is 0 Å². The smallest absolute Gasteiger partial charge is 0.325 e. The standard InChI is InChI=1S/C19H24N4O5S/c1-19(13-4-5-13)17(25)23(18(26)21-19)12-16(24)20-14-6-8-15(9-7-14)29(27,28)22-10-2-3-11-22/h6-9,13H,2-5,10-12H2,1H3,(H,20,24)(H,21,26)/t19-/m1/s1. The van der Waals surface area contributed by atoms with Crippen LogP contribution in [0.15, 0.2) is 29.2 Å². The molecule has 29 heavy (non-hydrogen) atoms. The van der Waals surface area contributed by atoms with Gasteiger partial charge < -0.3 is 10.6 Å². The van der Waals surface area contributed by atoms with Crippen molar-refractivity contribution < 1.29 is 22.8 Å². The number of nitrogens with one attached hydrogen (secondary N) is 2. The van der Waals surface area contributed by atoms with E-state index in [2.05, 4.69) is 10.6 Å². The molecular formula is C19H24N4O5S. The molecule has 4 amide bonds. The van der Waals surface area contributed by atoms with Crippen molar-refractivity contribution in [1.82, 2.24) is 14.5 Å². The zero-order chi connectivity index (χ0) is 20.8. The summed E-state index contributed by atoms with van der Waals surface area (Å²) in [6.45, 7) is 2.35. The summed E-state index contributed by atoms with van der Waals surface area (Å²) >= 11 is 0. The number of anilines is 1. The first kappa shape index (κ1) is 19.8. The molecule has 156 valence electrons. The van der Waals surface area contributed by atoms with Gasteiger partial charge in [0.2, 0.25) is 15.9 Å². The fourth-order valence-electron chi connectivity index (χ4n) is 3.93. The number of nitrogens with zero attached hydrogens (tertiary/aromatic N) is 2. The molecule has 1 aromatic carbocycles. The van der Waals surface area contributed by atoms with Gasteiger partial charge in [0.05, 0.1) is 4.90 Å². The molecule has 2 N–H and O–H groups in total. The van der Waals surface area contributed by atoms with Gasteiger partial charge in [0.25, 0.3) is 5.91 Å². The number of hydrogen-bond donors (Lipinski definition) is 2. The first-order chi connectivity index (χ1) is 13.7. The minimum atomic E-state index is -3.52. The molecule has 0 aromatic heterocycles. The molecule has 2 aliphatic heterocycles. The average molecular weight is 420 g/mol. The number of sulfonamides is 1. The van der Waals surface area contributed by atoms with Gasteiger partial charge in [-0.3, -0.25) is 14.5 Å². The minimum absolute atomic E-state index is 0.122.